The number of rotatable bonds is 5. The van der Waals surface area contributed by atoms with Gasteiger partial charge in [0, 0.05) is 31.0 Å². The molecule has 4 atom stereocenters. The van der Waals surface area contributed by atoms with E-state index in [9.17, 15) is 24.3 Å². The zero-order chi connectivity index (χ0) is 24.3. The van der Waals surface area contributed by atoms with Crippen molar-refractivity contribution in [2.75, 3.05) is 6.54 Å². The summed E-state index contributed by atoms with van der Waals surface area (Å²) in [6.45, 7) is 0.430. The maximum Gasteiger partial charge on any atom is 0.273 e. The van der Waals surface area contributed by atoms with Crippen molar-refractivity contribution in [3.05, 3.63) is 53.4 Å². The number of allylic oxidation sites excluding steroid dienone is 1. The average molecular weight is 476 g/mol. The van der Waals surface area contributed by atoms with Gasteiger partial charge in [-0.15, -0.1) is 5.10 Å². The molecule has 2 fully saturated rings. The van der Waals surface area contributed by atoms with Gasteiger partial charge in [0.25, 0.3) is 11.8 Å². The maximum atomic E-state index is 13.0. The first-order chi connectivity index (χ1) is 16.8. The molecular weight excluding hydrogens is 452 g/mol. The highest BCUT2D eigenvalue weighted by Gasteiger charge is 2.47. The highest BCUT2D eigenvalue weighted by atomic mass is 16.3. The Morgan fingerprint density at radius 1 is 1.26 bits per heavy atom. The first-order valence-electron chi connectivity index (χ1n) is 11.7. The molecule has 2 aliphatic heterocycles. The highest BCUT2D eigenvalue weighted by Crippen LogP contribution is 2.45. The number of hydrogen-bond donors (Lipinski definition) is 3. The molecule has 3 N–H and O–H groups in total. The molecule has 1 saturated carbocycles. The van der Waals surface area contributed by atoms with E-state index in [1.807, 2.05) is 6.08 Å². The van der Waals surface area contributed by atoms with Crippen LogP contribution in [0.5, 0.6) is 0 Å². The van der Waals surface area contributed by atoms with E-state index in [0.29, 0.717) is 30.0 Å². The molecule has 180 valence electrons. The number of aliphatic hydroxyl groups is 1. The van der Waals surface area contributed by atoms with Crippen molar-refractivity contribution < 1.29 is 24.3 Å². The minimum Gasteiger partial charge on any atom is -0.387 e. The molecule has 2 aliphatic carbocycles. The highest BCUT2D eigenvalue weighted by molar-refractivity contribution is 6.05. The summed E-state index contributed by atoms with van der Waals surface area (Å²) in [5.74, 6) is -1.07. The molecular formula is C24H24N6O5. The molecule has 6 rings (SSSR count). The zero-order valence-electron chi connectivity index (χ0n) is 18.8. The van der Waals surface area contributed by atoms with Crippen LogP contribution in [-0.2, 0) is 16.1 Å². The predicted molar refractivity (Wildman–Crippen MR) is 120 cm³/mol. The van der Waals surface area contributed by atoms with E-state index in [1.54, 1.807) is 18.2 Å². The number of fused-ring (bicyclic) bond motifs is 3. The minimum absolute atomic E-state index is 0.0622. The number of nitrogens with one attached hydrogen (secondary N) is 2. The van der Waals surface area contributed by atoms with E-state index < -0.39 is 23.5 Å². The summed E-state index contributed by atoms with van der Waals surface area (Å²) in [6, 6.07) is 4.53. The van der Waals surface area contributed by atoms with Gasteiger partial charge in [-0.2, -0.15) is 0 Å². The number of imide groups is 1. The Bertz CT molecular complexity index is 1300. The SMILES string of the molecule is O=C1CCC(N2Cc3ccc(-n4cc(C(=O)NC[C@]5(O)C[C@@H]6C=C[C@H]5C6)nn4)cc3C2=O)C(=O)N1. The predicted octanol–water partition coefficient (Wildman–Crippen LogP) is 0.0852. The van der Waals surface area contributed by atoms with Crippen LogP contribution in [0.15, 0.2) is 36.5 Å². The molecule has 1 saturated heterocycles. The Hall–Kier alpha value is -3.86. The fourth-order valence-corrected chi connectivity index (χ4v) is 5.64. The van der Waals surface area contributed by atoms with Gasteiger partial charge in [-0.1, -0.05) is 23.4 Å². The van der Waals surface area contributed by atoms with Crippen molar-refractivity contribution in [2.24, 2.45) is 11.8 Å². The molecule has 2 aromatic rings. The fourth-order valence-electron chi connectivity index (χ4n) is 5.64. The van der Waals surface area contributed by atoms with E-state index in [0.717, 1.165) is 12.0 Å². The van der Waals surface area contributed by atoms with Crippen LogP contribution < -0.4 is 10.6 Å². The molecule has 2 bridgehead atoms. The second-order valence-electron chi connectivity index (χ2n) is 9.77. The van der Waals surface area contributed by atoms with Crippen LogP contribution in [0.3, 0.4) is 0 Å². The standard InChI is InChI=1S/C24H24N6O5/c31-20-6-5-19(22(33)26-20)29-10-14-2-4-16(8-17(14)23(29)34)30-11-18(27-28-30)21(32)25-12-24(35)9-13-1-3-15(24)7-13/h1-4,8,11,13,15,19,35H,5-7,9-10,12H2,(H,25,32)(H,26,31,33)/t13-,15+,19?,24-/m1/s1. The van der Waals surface area contributed by atoms with Crippen molar-refractivity contribution >= 4 is 23.6 Å². The van der Waals surface area contributed by atoms with E-state index >= 15 is 0 Å². The van der Waals surface area contributed by atoms with Crippen molar-refractivity contribution in [3.8, 4) is 5.69 Å². The summed E-state index contributed by atoms with van der Waals surface area (Å²) < 4.78 is 1.41. The Balaban J connectivity index is 1.15. The van der Waals surface area contributed by atoms with Gasteiger partial charge < -0.3 is 15.3 Å². The molecule has 0 spiro atoms. The van der Waals surface area contributed by atoms with Crippen LogP contribution in [-0.4, -0.2) is 66.8 Å². The lowest BCUT2D eigenvalue weighted by molar-refractivity contribution is -0.136. The molecule has 35 heavy (non-hydrogen) atoms. The number of amides is 4. The van der Waals surface area contributed by atoms with Gasteiger partial charge in [0.05, 0.1) is 17.5 Å². The topological polar surface area (TPSA) is 147 Å². The van der Waals surface area contributed by atoms with Crippen LogP contribution in [0.4, 0.5) is 0 Å². The van der Waals surface area contributed by atoms with Crippen molar-refractivity contribution in [1.82, 2.24) is 30.5 Å². The number of nitrogens with zero attached hydrogens (tertiary/aromatic N) is 4. The molecule has 3 heterocycles. The number of carbonyl (C=O) groups is 4. The zero-order valence-corrected chi connectivity index (χ0v) is 18.8. The van der Waals surface area contributed by atoms with Crippen LogP contribution in [0, 0.1) is 11.8 Å². The van der Waals surface area contributed by atoms with E-state index in [1.165, 1.54) is 15.8 Å². The number of carbonyl (C=O) groups excluding carboxylic acids is 4. The first kappa shape index (κ1) is 21.7. The lowest BCUT2D eigenvalue weighted by Crippen LogP contribution is -2.52. The third-order valence-corrected chi connectivity index (χ3v) is 7.54. The van der Waals surface area contributed by atoms with Crippen LogP contribution in [0.25, 0.3) is 5.69 Å². The number of hydrogen-bond acceptors (Lipinski definition) is 7. The second-order valence-corrected chi connectivity index (χ2v) is 9.77. The average Bonchev–Trinajstić information content (AvgIpc) is 3.62. The van der Waals surface area contributed by atoms with Crippen LogP contribution in [0.2, 0.25) is 0 Å². The Morgan fingerprint density at radius 2 is 2.11 bits per heavy atom. The largest absolute Gasteiger partial charge is 0.387 e. The molecule has 1 unspecified atom stereocenters. The third-order valence-electron chi connectivity index (χ3n) is 7.54. The van der Waals surface area contributed by atoms with Crippen molar-refractivity contribution in [2.45, 2.75) is 43.9 Å². The van der Waals surface area contributed by atoms with E-state index in [4.69, 9.17) is 0 Å². The van der Waals surface area contributed by atoms with Gasteiger partial charge in [-0.25, -0.2) is 4.68 Å². The molecule has 4 aliphatic rings. The first-order valence-corrected chi connectivity index (χ1v) is 11.7. The lowest BCUT2D eigenvalue weighted by Gasteiger charge is -2.29. The summed E-state index contributed by atoms with van der Waals surface area (Å²) in [4.78, 5) is 50.8. The van der Waals surface area contributed by atoms with Gasteiger partial charge in [0.1, 0.15) is 6.04 Å². The minimum atomic E-state index is -0.931. The summed E-state index contributed by atoms with van der Waals surface area (Å²) in [6.07, 6.45) is 7.66. The van der Waals surface area contributed by atoms with Gasteiger partial charge >= 0.3 is 0 Å². The van der Waals surface area contributed by atoms with Gasteiger partial charge in [-0.3, -0.25) is 24.5 Å². The molecule has 11 nitrogen and oxygen atoms in total. The number of aromatic nitrogens is 3. The smallest absolute Gasteiger partial charge is 0.273 e. The Morgan fingerprint density at radius 3 is 2.86 bits per heavy atom. The van der Waals surface area contributed by atoms with Gasteiger partial charge in [0.15, 0.2) is 5.69 Å². The second kappa shape index (κ2) is 7.84. The fraction of sp³-hybridized carbons (Fsp3) is 0.417. The molecule has 4 amide bonds. The Kier molecular flexibility index (Phi) is 4.85. The van der Waals surface area contributed by atoms with Gasteiger partial charge in [0.2, 0.25) is 11.8 Å². The molecule has 0 radical (unpaired) electrons. The lowest BCUT2D eigenvalue weighted by atomic mass is 9.88. The third kappa shape index (κ3) is 3.63. The number of benzene rings is 1. The summed E-state index contributed by atoms with van der Waals surface area (Å²) in [5.41, 5.74) is 0.935. The summed E-state index contributed by atoms with van der Waals surface area (Å²) in [5, 5.41) is 23.9. The molecule has 1 aromatic carbocycles. The van der Waals surface area contributed by atoms with Crippen LogP contribution in [0.1, 0.15) is 52.1 Å². The van der Waals surface area contributed by atoms with Gasteiger partial charge in [-0.05, 0) is 42.9 Å². The molecule has 1 aromatic heterocycles. The van der Waals surface area contributed by atoms with Crippen LogP contribution >= 0.6 is 0 Å². The van der Waals surface area contributed by atoms with Crippen molar-refractivity contribution in [1.29, 1.82) is 0 Å². The maximum absolute atomic E-state index is 13.0. The summed E-state index contributed by atoms with van der Waals surface area (Å²) in [7, 11) is 0. The summed E-state index contributed by atoms with van der Waals surface area (Å²) >= 11 is 0. The monoisotopic (exact) mass is 476 g/mol. The van der Waals surface area contributed by atoms with E-state index in [-0.39, 0.29) is 42.9 Å². The molecule has 11 heteroatoms. The van der Waals surface area contributed by atoms with Crippen molar-refractivity contribution in [3.63, 3.8) is 0 Å². The number of piperidine rings is 1. The van der Waals surface area contributed by atoms with E-state index in [2.05, 4.69) is 27.0 Å². The normalized spacial score (nSPS) is 29.0. The quantitative estimate of drug-likeness (QED) is 0.409. The Labute approximate surface area is 200 Å².